The molecule has 5 rings (SSSR count). The number of amides is 1. The number of halogens is 2. The van der Waals surface area contributed by atoms with E-state index in [9.17, 15) is 5.11 Å². The molecule has 3 aliphatic heterocycles. The lowest BCUT2D eigenvalue weighted by molar-refractivity contribution is -0.169. The summed E-state index contributed by atoms with van der Waals surface area (Å²) in [5, 5.41) is 19.0. The number of aliphatic hydroxyl groups is 1. The van der Waals surface area contributed by atoms with E-state index >= 15 is 4.79 Å². The number of allylic oxidation sites excluding steroid dienone is 4. The third-order valence-corrected chi connectivity index (χ3v) is 11.0. The Morgan fingerprint density at radius 1 is 1.18 bits per heavy atom. The molecule has 2 fully saturated rings. The van der Waals surface area contributed by atoms with Gasteiger partial charge in [-0.1, -0.05) is 108 Å². The summed E-state index contributed by atoms with van der Waals surface area (Å²) in [6.45, 7) is 20.3. The van der Waals surface area contributed by atoms with Crippen LogP contribution in [-0.4, -0.2) is 46.5 Å². The molecule has 0 radical (unpaired) electrons. The third kappa shape index (κ3) is 8.51. The number of carbonyl (C=O) groups excluding carboxylic acids is 1. The van der Waals surface area contributed by atoms with Crippen LogP contribution in [0.3, 0.4) is 0 Å². The number of rotatable bonds is 12. The highest BCUT2D eigenvalue weighted by molar-refractivity contribution is 6.35. The van der Waals surface area contributed by atoms with Gasteiger partial charge in [0.2, 0.25) is 0 Å². The van der Waals surface area contributed by atoms with E-state index in [0.717, 1.165) is 60.8 Å². The van der Waals surface area contributed by atoms with Crippen LogP contribution in [0.15, 0.2) is 74.9 Å². The lowest BCUT2D eigenvalue weighted by Gasteiger charge is -2.62. The molecule has 1 saturated carbocycles. The van der Waals surface area contributed by atoms with E-state index in [1.165, 1.54) is 5.57 Å². The summed E-state index contributed by atoms with van der Waals surface area (Å²) in [7, 11) is 0. The number of aliphatic hydroxyl groups excluding tert-OH is 1. The van der Waals surface area contributed by atoms with Gasteiger partial charge in [0.25, 0.3) is 5.91 Å². The molecular formula is C39H56Cl2N6O3. The summed E-state index contributed by atoms with van der Waals surface area (Å²) in [6.07, 6.45) is 8.56. The second kappa shape index (κ2) is 15.5. The number of nitrogens with zero attached hydrogens (tertiary/aromatic N) is 2. The number of hydrazine groups is 2. The van der Waals surface area contributed by atoms with Gasteiger partial charge < -0.3 is 14.7 Å². The number of carbonyl (C=O) groups is 1. The zero-order valence-electron chi connectivity index (χ0n) is 30.8. The normalized spacial score (nSPS) is 25.8. The first-order chi connectivity index (χ1) is 23.5. The molecule has 0 bridgehead atoms. The topological polar surface area (TPSA) is 110 Å². The van der Waals surface area contributed by atoms with E-state index in [2.05, 4.69) is 99.0 Å². The molecule has 5 N–H and O–H groups in total. The summed E-state index contributed by atoms with van der Waals surface area (Å²) in [5.74, 6) is 0.957. The van der Waals surface area contributed by atoms with Gasteiger partial charge in [0, 0.05) is 28.2 Å². The molecule has 11 heteroatoms. The Morgan fingerprint density at radius 3 is 2.44 bits per heavy atom. The van der Waals surface area contributed by atoms with Gasteiger partial charge in [-0.25, -0.2) is 5.53 Å². The van der Waals surface area contributed by atoms with Crippen molar-refractivity contribution >= 4 is 34.9 Å². The molecule has 3 heterocycles. The minimum Gasteiger partial charge on any atom is -0.377 e. The van der Waals surface area contributed by atoms with Crippen molar-refractivity contribution in [2.24, 2.45) is 21.8 Å². The first kappa shape index (κ1) is 38.6. The van der Waals surface area contributed by atoms with Crippen LogP contribution in [0.4, 0.5) is 0 Å². The van der Waals surface area contributed by atoms with Crippen molar-refractivity contribution < 1.29 is 14.6 Å². The molecule has 0 aromatic heterocycles. The van der Waals surface area contributed by atoms with E-state index in [4.69, 9.17) is 27.9 Å². The van der Waals surface area contributed by atoms with Crippen LogP contribution >= 0.6 is 23.2 Å². The van der Waals surface area contributed by atoms with Gasteiger partial charge in [0.05, 0.1) is 24.2 Å². The summed E-state index contributed by atoms with van der Waals surface area (Å²) >= 11 is 12.7. The Kier molecular flexibility index (Phi) is 12.0. The molecule has 5 unspecified atom stereocenters. The highest BCUT2D eigenvalue weighted by Crippen LogP contribution is 2.59. The molecule has 1 aromatic rings. The molecular weight excluding hydrogens is 671 g/mol. The molecule has 1 spiro atoms. The minimum absolute atomic E-state index is 0.0134. The summed E-state index contributed by atoms with van der Waals surface area (Å²) < 4.78 is 6.48. The number of ether oxygens (including phenoxy) is 1. The molecule has 9 nitrogen and oxygen atoms in total. The van der Waals surface area contributed by atoms with Gasteiger partial charge in [-0.15, -0.1) is 10.6 Å². The average molecular weight is 728 g/mol. The average Bonchev–Trinajstić information content (AvgIpc) is 3.55. The maximum Gasteiger partial charge on any atom is 0.255 e. The van der Waals surface area contributed by atoms with Gasteiger partial charge in [-0.3, -0.25) is 15.5 Å². The Bertz CT molecular complexity index is 1550. The maximum absolute atomic E-state index is 15.5. The monoisotopic (exact) mass is 726 g/mol. The van der Waals surface area contributed by atoms with Crippen molar-refractivity contribution in [3.63, 3.8) is 0 Å². The van der Waals surface area contributed by atoms with Crippen molar-refractivity contribution in [2.45, 2.75) is 117 Å². The zero-order chi connectivity index (χ0) is 36.4. The van der Waals surface area contributed by atoms with Crippen LogP contribution in [0.25, 0.3) is 0 Å². The lowest BCUT2D eigenvalue weighted by Crippen LogP contribution is -2.67. The molecule has 1 saturated heterocycles. The number of hydrogen-bond acceptors (Lipinski definition) is 8. The van der Waals surface area contributed by atoms with E-state index < -0.39 is 6.23 Å². The largest absolute Gasteiger partial charge is 0.377 e. The van der Waals surface area contributed by atoms with Crippen LogP contribution in [0.1, 0.15) is 117 Å². The minimum atomic E-state index is -0.889. The molecule has 50 heavy (non-hydrogen) atoms. The predicted octanol–water partition coefficient (Wildman–Crippen LogP) is 7.78. The number of hydrogen-bond donors (Lipinski definition) is 5. The summed E-state index contributed by atoms with van der Waals surface area (Å²) in [4.78, 5) is 17.8. The number of benzene rings is 1. The third-order valence-electron chi connectivity index (χ3n) is 10.7. The smallest absolute Gasteiger partial charge is 0.255 e. The Balaban J connectivity index is 1.61. The number of fused-ring (bicyclic) bond motifs is 2. The number of nitrogens with one attached hydrogen (secondary N) is 4. The molecule has 4 aliphatic rings. The van der Waals surface area contributed by atoms with Crippen LogP contribution in [0, 0.1) is 16.7 Å². The molecule has 1 aliphatic carbocycles. The summed E-state index contributed by atoms with van der Waals surface area (Å²) in [5.41, 5.74) is 12.6. The quantitative estimate of drug-likeness (QED) is 0.111. The Morgan fingerprint density at radius 2 is 1.88 bits per heavy atom. The van der Waals surface area contributed by atoms with Crippen molar-refractivity contribution in [2.75, 3.05) is 13.2 Å². The van der Waals surface area contributed by atoms with Gasteiger partial charge in [-0.2, -0.15) is 0 Å². The first-order valence-electron chi connectivity index (χ1n) is 18.0. The van der Waals surface area contributed by atoms with E-state index in [0.29, 0.717) is 35.5 Å². The van der Waals surface area contributed by atoms with Crippen LogP contribution in [0.5, 0.6) is 0 Å². The highest BCUT2D eigenvalue weighted by atomic mass is 35.5. The van der Waals surface area contributed by atoms with Crippen molar-refractivity contribution in [3.8, 4) is 0 Å². The number of hydrazone groups is 1. The maximum atomic E-state index is 15.5. The standard InChI is InChI=1S/C39H56Cl2N6O3/c1-9-25(21-28(41)20-24(2)40)34-29-14-15-30(29)39(18-19-50-32(22-39)38(6,7)8)47(36(34)49)31(16-17-37(3,4)5)26-10-12-27(13-11-26)35(48)42-23-33-43-45-46-44-33/h10-13,20-21,30-32,35,42,45-46,48H,2,9,14-19,22-23H2,1,3-8H3,(H,43,44). The Hall–Kier alpha value is -2.66. The van der Waals surface area contributed by atoms with Crippen LogP contribution < -0.4 is 21.8 Å². The van der Waals surface area contributed by atoms with Crippen LogP contribution in [-0.2, 0) is 9.53 Å². The highest BCUT2D eigenvalue weighted by Gasteiger charge is 2.60. The predicted molar refractivity (Wildman–Crippen MR) is 203 cm³/mol. The van der Waals surface area contributed by atoms with Crippen LogP contribution in [0.2, 0.25) is 0 Å². The van der Waals surface area contributed by atoms with Gasteiger partial charge in [0.15, 0.2) is 5.84 Å². The van der Waals surface area contributed by atoms with Crippen molar-refractivity contribution in [1.82, 2.24) is 26.7 Å². The molecule has 5 atom stereocenters. The zero-order valence-corrected chi connectivity index (χ0v) is 32.3. The second-order valence-corrected chi connectivity index (χ2v) is 17.4. The SMILES string of the molecule is C=C(Cl)C=C(Cl)C=C(CC)C1=C2CCC2C2(CCOC(C(C)(C)C)C2)N(C(CCC(C)(C)C)c2ccc(C(O)NCC3=NNNN3)cc2)C1=O. The fraction of sp³-hybridized carbons (Fsp3) is 0.590. The van der Waals surface area contributed by atoms with Crippen molar-refractivity contribution in [3.05, 3.63) is 80.9 Å². The fourth-order valence-corrected chi connectivity index (χ4v) is 8.38. The lowest BCUT2D eigenvalue weighted by atomic mass is 9.56. The van der Waals surface area contributed by atoms with E-state index in [-0.39, 0.29) is 40.3 Å². The first-order valence-corrected chi connectivity index (χ1v) is 18.7. The van der Waals surface area contributed by atoms with Gasteiger partial charge in [-0.05, 0) is 84.6 Å². The van der Waals surface area contributed by atoms with Crippen molar-refractivity contribution in [1.29, 1.82) is 0 Å². The summed E-state index contributed by atoms with van der Waals surface area (Å²) in [6, 6.07) is 7.93. The second-order valence-electron chi connectivity index (χ2n) is 16.4. The fourth-order valence-electron chi connectivity index (χ4n) is 7.94. The molecule has 274 valence electrons. The number of amidine groups is 1. The Labute approximate surface area is 308 Å². The van der Waals surface area contributed by atoms with E-state index in [1.807, 2.05) is 18.2 Å². The van der Waals surface area contributed by atoms with Gasteiger partial charge >= 0.3 is 0 Å². The van der Waals surface area contributed by atoms with E-state index in [1.54, 1.807) is 6.08 Å². The molecule has 1 aromatic carbocycles. The molecule has 1 amide bonds. The van der Waals surface area contributed by atoms with Gasteiger partial charge in [0.1, 0.15) is 6.23 Å².